The molecule has 0 aliphatic heterocycles. The summed E-state index contributed by atoms with van der Waals surface area (Å²) in [6.45, 7) is 7.91. The molecule has 0 fully saturated rings. The number of hydrogen-bond donors (Lipinski definition) is 0. The minimum atomic E-state index is -0.769. The highest BCUT2D eigenvalue weighted by Crippen LogP contribution is 2.60. The second kappa shape index (κ2) is 30.4. The maximum absolute atomic E-state index is 14.3. The van der Waals surface area contributed by atoms with E-state index in [9.17, 15) is 8.78 Å². The van der Waals surface area contributed by atoms with E-state index in [0.29, 0.717) is 0 Å². The van der Waals surface area contributed by atoms with Gasteiger partial charge in [0.15, 0.2) is 0 Å². The van der Waals surface area contributed by atoms with Gasteiger partial charge in [0, 0.05) is 44.9 Å². The van der Waals surface area contributed by atoms with Gasteiger partial charge >= 0.3 is 0 Å². The number of rotatable bonds is 20. The van der Waals surface area contributed by atoms with Crippen molar-refractivity contribution in [3.05, 3.63) is 505 Å². The molecule has 0 radical (unpaired) electrons. The Bertz CT molecular complexity index is 6720. The first kappa shape index (κ1) is 73.0. The fourth-order valence-corrected chi connectivity index (χ4v) is 18.5. The molecule has 2 aliphatic carbocycles. The standard InChI is InChI=1S/C114H76F2N2O3/c1-3-75-29-57-97(58-30-75)119-99-61-41-87(42-62-99)113(85-21-7-5-8-22-85)107-27-13-11-25-101(107)103-65-53-95(73-109(103)113)117(91-49-37-79(38-50-91)83-19-15-17-81(69-83)77-33-45-89(115)46-34-77)93-55-67-111-105(71-93)106-72-94(56-68-112(106)121-111)118(92-51-39-80(40-52-92)84-20-16-18-82(70-84)78-35-47-90(116)48-36-78)96-54-66-104-102-26-12-14-28-108(102)114(110(104)74-96,86-23-9-6-10-24-86)88-43-63-100(64-44-88)120-98-59-31-76(4-2)32-60-98/h3-74H,1-2H2. The van der Waals surface area contributed by atoms with E-state index in [-0.39, 0.29) is 11.6 Å². The van der Waals surface area contributed by atoms with Crippen molar-refractivity contribution in [3.63, 3.8) is 0 Å². The molecule has 0 amide bonds. The van der Waals surface area contributed by atoms with Gasteiger partial charge in [-0.1, -0.05) is 280 Å². The van der Waals surface area contributed by atoms with Crippen LogP contribution in [0.4, 0.5) is 42.9 Å². The van der Waals surface area contributed by atoms with E-state index < -0.39 is 10.8 Å². The highest BCUT2D eigenvalue weighted by atomic mass is 19.1. The number of fused-ring (bicyclic) bond motifs is 9. The molecular weight excluding hydrogens is 1480 g/mol. The molecule has 1 aromatic heterocycles. The van der Waals surface area contributed by atoms with E-state index in [1.54, 1.807) is 0 Å². The summed E-state index contributed by atoms with van der Waals surface area (Å²) >= 11 is 0. The van der Waals surface area contributed by atoms with E-state index in [2.05, 4.69) is 351 Å². The molecule has 2 unspecified atom stereocenters. The fourth-order valence-electron chi connectivity index (χ4n) is 18.5. The lowest BCUT2D eigenvalue weighted by atomic mass is 9.67. The van der Waals surface area contributed by atoms with Gasteiger partial charge < -0.3 is 23.7 Å². The van der Waals surface area contributed by atoms with Crippen molar-refractivity contribution >= 4 is 68.2 Å². The summed E-state index contributed by atoms with van der Waals surface area (Å²) in [5.41, 5.74) is 29.3. The van der Waals surface area contributed by atoms with Crippen molar-refractivity contribution in [1.82, 2.24) is 0 Å². The smallest absolute Gasteiger partial charge is 0.135 e. The van der Waals surface area contributed by atoms with Crippen molar-refractivity contribution in [2.24, 2.45) is 0 Å². The number of anilines is 6. The monoisotopic (exact) mass is 1560 g/mol. The molecule has 0 spiro atoms. The first-order chi connectivity index (χ1) is 59.6. The molecule has 574 valence electrons. The van der Waals surface area contributed by atoms with Gasteiger partial charge in [-0.3, -0.25) is 0 Å². The molecule has 2 aliphatic rings. The summed E-state index contributed by atoms with van der Waals surface area (Å²) in [7, 11) is 0. The Morgan fingerprint density at radius 1 is 0.240 bits per heavy atom. The third kappa shape index (κ3) is 13.0. The third-order valence-electron chi connectivity index (χ3n) is 24.2. The summed E-state index contributed by atoms with van der Waals surface area (Å²) < 4.78 is 48.7. The molecule has 2 atom stereocenters. The van der Waals surface area contributed by atoms with E-state index in [4.69, 9.17) is 13.9 Å². The molecular formula is C114H76F2N2O3. The SMILES string of the molecule is C=Cc1ccc(Oc2ccc(C3(c4ccccc4)c4ccccc4-c4ccc(N(c5ccc(-c6cccc(-c7ccc(F)cc7)c6)cc5)c5ccc6oc7ccc(N(c8ccc(-c9cccc(-c%10ccc(F)cc%10)c9)cc8)c8ccc9c(c8)C(c8ccccc8)(c8ccc(Oc%10ccc(C=C)cc%10)cc8)c8ccccc8-9)cc7c6c5)cc43)cc2)cc1. The van der Waals surface area contributed by atoms with Crippen LogP contribution in [-0.2, 0) is 10.8 Å². The zero-order valence-electron chi connectivity index (χ0n) is 65.9. The van der Waals surface area contributed by atoms with Crippen LogP contribution in [0.2, 0.25) is 0 Å². The Labute approximate surface area is 701 Å². The number of ether oxygens (including phenoxy) is 2. The Balaban J connectivity index is 0.730. The van der Waals surface area contributed by atoms with Crippen molar-refractivity contribution < 1.29 is 22.7 Å². The minimum Gasteiger partial charge on any atom is -0.457 e. The van der Waals surface area contributed by atoms with Crippen LogP contribution in [-0.4, -0.2) is 0 Å². The van der Waals surface area contributed by atoms with Gasteiger partial charge in [0.1, 0.15) is 45.8 Å². The molecule has 19 aromatic rings. The van der Waals surface area contributed by atoms with Crippen LogP contribution >= 0.6 is 0 Å². The van der Waals surface area contributed by atoms with Crippen LogP contribution in [0.15, 0.2) is 442 Å². The van der Waals surface area contributed by atoms with Gasteiger partial charge in [-0.2, -0.15) is 0 Å². The van der Waals surface area contributed by atoms with Crippen LogP contribution in [0.3, 0.4) is 0 Å². The van der Waals surface area contributed by atoms with Crippen LogP contribution in [0.25, 0.3) is 101 Å². The number of nitrogens with zero attached hydrogens (tertiary/aromatic N) is 2. The summed E-state index contributed by atoms with van der Waals surface area (Å²) in [6, 6.07) is 148. The van der Waals surface area contributed by atoms with Crippen LogP contribution in [0, 0.1) is 11.6 Å². The molecule has 0 saturated carbocycles. The maximum Gasteiger partial charge on any atom is 0.135 e. The lowest BCUT2D eigenvalue weighted by Gasteiger charge is -2.35. The zero-order chi connectivity index (χ0) is 81.1. The van der Waals surface area contributed by atoms with Gasteiger partial charge in [-0.05, 0) is 292 Å². The second-order valence-corrected chi connectivity index (χ2v) is 31.0. The van der Waals surface area contributed by atoms with E-state index >= 15 is 0 Å². The molecule has 1 heterocycles. The molecule has 18 aromatic carbocycles. The van der Waals surface area contributed by atoms with Gasteiger partial charge in [0.25, 0.3) is 0 Å². The second-order valence-electron chi connectivity index (χ2n) is 31.0. The molecule has 5 nitrogen and oxygen atoms in total. The Morgan fingerprint density at radius 2 is 0.537 bits per heavy atom. The van der Waals surface area contributed by atoms with Crippen molar-refractivity contribution in [1.29, 1.82) is 0 Å². The van der Waals surface area contributed by atoms with Crippen LogP contribution in [0.1, 0.15) is 55.6 Å². The molecule has 121 heavy (non-hydrogen) atoms. The van der Waals surface area contributed by atoms with Crippen LogP contribution in [0.5, 0.6) is 23.0 Å². The van der Waals surface area contributed by atoms with Gasteiger partial charge in [-0.25, -0.2) is 8.78 Å². The minimum absolute atomic E-state index is 0.272. The predicted molar refractivity (Wildman–Crippen MR) is 493 cm³/mol. The predicted octanol–water partition coefficient (Wildman–Crippen LogP) is 31.1. The van der Waals surface area contributed by atoms with Gasteiger partial charge in [0.2, 0.25) is 0 Å². The van der Waals surface area contributed by atoms with Crippen LogP contribution < -0.4 is 19.3 Å². The van der Waals surface area contributed by atoms with Crippen molar-refractivity contribution in [2.45, 2.75) is 10.8 Å². The number of hydrogen-bond acceptors (Lipinski definition) is 5. The number of halogens is 2. The van der Waals surface area contributed by atoms with E-state index in [0.717, 1.165) is 179 Å². The Kier molecular flexibility index (Phi) is 18.3. The summed E-state index contributed by atoms with van der Waals surface area (Å²) in [6.07, 6.45) is 3.67. The van der Waals surface area contributed by atoms with E-state index in [1.165, 1.54) is 46.5 Å². The van der Waals surface area contributed by atoms with Crippen molar-refractivity contribution in [3.8, 4) is 89.8 Å². The van der Waals surface area contributed by atoms with Gasteiger partial charge in [-0.15, -0.1) is 0 Å². The summed E-state index contributed by atoms with van der Waals surface area (Å²) in [5.74, 6) is 2.39. The lowest BCUT2D eigenvalue weighted by Crippen LogP contribution is -2.28. The van der Waals surface area contributed by atoms with E-state index in [1.807, 2.05) is 84.9 Å². The molecule has 7 heteroatoms. The molecule has 0 N–H and O–H groups in total. The average molecular weight is 1560 g/mol. The van der Waals surface area contributed by atoms with Crippen molar-refractivity contribution in [2.75, 3.05) is 9.80 Å². The highest BCUT2D eigenvalue weighted by molar-refractivity contribution is 6.09. The molecule has 21 rings (SSSR count). The molecule has 0 bridgehead atoms. The zero-order valence-corrected chi connectivity index (χ0v) is 65.9. The lowest BCUT2D eigenvalue weighted by molar-refractivity contribution is 0.482. The summed E-state index contributed by atoms with van der Waals surface area (Å²) in [5, 5.41) is 1.87. The Morgan fingerprint density at radius 3 is 0.901 bits per heavy atom. The largest absolute Gasteiger partial charge is 0.457 e. The third-order valence-corrected chi connectivity index (χ3v) is 24.2. The maximum atomic E-state index is 14.3. The number of furan rings is 1. The normalized spacial score (nSPS) is 14.2. The highest BCUT2D eigenvalue weighted by Gasteiger charge is 2.48. The first-order valence-electron chi connectivity index (χ1n) is 40.7. The number of benzene rings is 18. The quantitative estimate of drug-likeness (QED) is 0.0760. The average Bonchev–Trinajstić information content (AvgIpc) is 1.54. The first-order valence-corrected chi connectivity index (χ1v) is 40.7. The Hall–Kier alpha value is -15.7. The fraction of sp³-hybridized carbons (Fsp3) is 0.0175. The van der Waals surface area contributed by atoms with Gasteiger partial charge in [0.05, 0.1) is 10.8 Å². The summed E-state index contributed by atoms with van der Waals surface area (Å²) in [4.78, 5) is 4.75. The topological polar surface area (TPSA) is 38.1 Å². The molecule has 0 saturated heterocycles.